The Morgan fingerprint density at radius 2 is 1.95 bits per heavy atom. The highest BCUT2D eigenvalue weighted by molar-refractivity contribution is 6.34. The third-order valence-electron chi connectivity index (χ3n) is 3.97. The lowest BCUT2D eigenvalue weighted by atomic mass is 9.91. The van der Waals surface area contributed by atoms with Crippen molar-refractivity contribution in [1.82, 2.24) is 10.2 Å². The van der Waals surface area contributed by atoms with Crippen LogP contribution in [0.2, 0.25) is 5.15 Å². The molecule has 20 heavy (non-hydrogen) atoms. The van der Waals surface area contributed by atoms with Gasteiger partial charge in [0.25, 0.3) is 0 Å². The van der Waals surface area contributed by atoms with Crippen LogP contribution >= 0.6 is 11.6 Å². The molecule has 1 aromatic carbocycles. The Morgan fingerprint density at radius 1 is 1.20 bits per heavy atom. The lowest BCUT2D eigenvalue weighted by Gasteiger charge is -2.38. The minimum Gasteiger partial charge on any atom is -0.396 e. The molecule has 1 aliphatic carbocycles. The first-order chi connectivity index (χ1) is 9.81. The smallest absolute Gasteiger partial charge is 0.159 e. The molecule has 0 amide bonds. The first kappa shape index (κ1) is 13.6. The zero-order chi connectivity index (χ0) is 13.9. The minimum absolute atomic E-state index is 0.197. The fourth-order valence-electron chi connectivity index (χ4n) is 2.67. The van der Waals surface area contributed by atoms with Crippen molar-refractivity contribution < 1.29 is 5.11 Å². The predicted octanol–water partition coefficient (Wildman–Crippen LogP) is 3.02. The highest BCUT2D eigenvalue weighted by atomic mass is 35.5. The van der Waals surface area contributed by atoms with Gasteiger partial charge >= 0.3 is 0 Å². The van der Waals surface area contributed by atoms with Crippen molar-refractivity contribution in [2.75, 3.05) is 18.1 Å². The summed E-state index contributed by atoms with van der Waals surface area (Å²) in [6, 6.07) is 8.48. The molecule has 1 saturated carbocycles. The van der Waals surface area contributed by atoms with E-state index < -0.39 is 0 Å². The van der Waals surface area contributed by atoms with Crippen molar-refractivity contribution in [3.05, 3.63) is 29.4 Å². The molecule has 0 bridgehead atoms. The second kappa shape index (κ2) is 5.94. The van der Waals surface area contributed by atoms with Gasteiger partial charge in [-0.2, -0.15) is 0 Å². The average molecular weight is 292 g/mol. The number of benzene rings is 1. The average Bonchev–Trinajstić information content (AvgIpc) is 2.42. The molecule has 1 heterocycles. The fraction of sp³-hybridized carbons (Fsp3) is 0.467. The second-order valence-electron chi connectivity index (χ2n) is 5.22. The van der Waals surface area contributed by atoms with E-state index in [1.807, 2.05) is 24.3 Å². The molecule has 0 atom stereocenters. The molecule has 0 unspecified atom stereocenters. The SMILES string of the molecule is OCCCN(c1nnc(Cl)c2ccccc12)C1CCC1. The molecule has 4 nitrogen and oxygen atoms in total. The third-order valence-corrected chi connectivity index (χ3v) is 4.25. The number of aliphatic hydroxyl groups is 1. The van der Waals surface area contributed by atoms with Crippen LogP contribution in [0.15, 0.2) is 24.3 Å². The summed E-state index contributed by atoms with van der Waals surface area (Å²) in [5.74, 6) is 0.892. The second-order valence-corrected chi connectivity index (χ2v) is 5.57. The molecule has 2 aromatic rings. The predicted molar refractivity (Wildman–Crippen MR) is 81.2 cm³/mol. The third kappa shape index (κ3) is 2.45. The van der Waals surface area contributed by atoms with E-state index in [-0.39, 0.29) is 6.61 Å². The first-order valence-corrected chi connectivity index (χ1v) is 7.47. The standard InChI is InChI=1S/C15H18ClN3O/c16-14-12-7-1-2-8-13(12)15(18-17-14)19(9-4-10-20)11-5-3-6-11/h1-2,7-8,11,20H,3-6,9-10H2. The highest BCUT2D eigenvalue weighted by Gasteiger charge is 2.27. The van der Waals surface area contributed by atoms with E-state index in [1.54, 1.807) is 0 Å². The molecule has 1 fully saturated rings. The van der Waals surface area contributed by atoms with E-state index in [2.05, 4.69) is 15.1 Å². The number of halogens is 1. The van der Waals surface area contributed by atoms with Crippen LogP contribution in [0.3, 0.4) is 0 Å². The fourth-order valence-corrected chi connectivity index (χ4v) is 2.87. The summed E-state index contributed by atoms with van der Waals surface area (Å²) in [7, 11) is 0. The molecule has 106 valence electrons. The number of hydrogen-bond acceptors (Lipinski definition) is 4. The van der Waals surface area contributed by atoms with E-state index in [4.69, 9.17) is 16.7 Å². The van der Waals surface area contributed by atoms with Crippen LogP contribution in [0.25, 0.3) is 10.8 Å². The summed E-state index contributed by atoms with van der Waals surface area (Å²) < 4.78 is 0. The molecule has 0 spiro atoms. The Morgan fingerprint density at radius 3 is 2.60 bits per heavy atom. The van der Waals surface area contributed by atoms with Gasteiger partial charge in [0.05, 0.1) is 0 Å². The number of aromatic nitrogens is 2. The number of aliphatic hydroxyl groups excluding tert-OH is 1. The van der Waals surface area contributed by atoms with Gasteiger partial charge in [0.1, 0.15) is 0 Å². The van der Waals surface area contributed by atoms with E-state index in [1.165, 1.54) is 19.3 Å². The lowest BCUT2D eigenvalue weighted by Crippen LogP contribution is -2.41. The van der Waals surface area contributed by atoms with Crippen LogP contribution in [-0.4, -0.2) is 34.5 Å². The summed E-state index contributed by atoms with van der Waals surface area (Å²) in [5, 5.41) is 19.9. The molecule has 5 heteroatoms. The molecule has 0 radical (unpaired) electrons. The van der Waals surface area contributed by atoms with Crippen molar-refractivity contribution in [2.45, 2.75) is 31.7 Å². The normalized spacial score (nSPS) is 15.3. The van der Waals surface area contributed by atoms with Crippen molar-refractivity contribution in [1.29, 1.82) is 0 Å². The molecule has 1 aliphatic rings. The van der Waals surface area contributed by atoms with E-state index in [0.717, 1.165) is 29.6 Å². The van der Waals surface area contributed by atoms with Crippen LogP contribution in [-0.2, 0) is 0 Å². The quantitative estimate of drug-likeness (QED) is 0.920. The molecule has 3 rings (SSSR count). The van der Waals surface area contributed by atoms with Crippen molar-refractivity contribution in [3.8, 4) is 0 Å². The number of rotatable bonds is 5. The van der Waals surface area contributed by atoms with E-state index in [0.29, 0.717) is 11.2 Å². The van der Waals surface area contributed by atoms with Crippen LogP contribution < -0.4 is 4.90 Å². The summed E-state index contributed by atoms with van der Waals surface area (Å²) in [6.45, 7) is 1.00. The Labute approximate surface area is 123 Å². The maximum Gasteiger partial charge on any atom is 0.159 e. The zero-order valence-corrected chi connectivity index (χ0v) is 12.1. The Kier molecular flexibility index (Phi) is 4.03. The van der Waals surface area contributed by atoms with Gasteiger partial charge in [0, 0.05) is 30.0 Å². The number of nitrogens with zero attached hydrogens (tertiary/aromatic N) is 3. The maximum absolute atomic E-state index is 9.11. The van der Waals surface area contributed by atoms with Gasteiger partial charge in [-0.25, -0.2) is 0 Å². The van der Waals surface area contributed by atoms with Gasteiger partial charge in [-0.3, -0.25) is 0 Å². The largest absolute Gasteiger partial charge is 0.396 e. The summed E-state index contributed by atoms with van der Waals surface area (Å²) in [6.07, 6.45) is 4.38. The van der Waals surface area contributed by atoms with E-state index in [9.17, 15) is 0 Å². The van der Waals surface area contributed by atoms with Gasteiger partial charge in [0.15, 0.2) is 11.0 Å². The lowest BCUT2D eigenvalue weighted by molar-refractivity contribution is 0.282. The molecule has 1 aromatic heterocycles. The van der Waals surface area contributed by atoms with Gasteiger partial charge in [-0.1, -0.05) is 35.9 Å². The van der Waals surface area contributed by atoms with E-state index >= 15 is 0 Å². The van der Waals surface area contributed by atoms with Crippen LogP contribution in [0.4, 0.5) is 5.82 Å². The van der Waals surface area contributed by atoms with Crippen molar-refractivity contribution in [3.63, 3.8) is 0 Å². The number of anilines is 1. The molecule has 0 saturated heterocycles. The van der Waals surface area contributed by atoms with Crippen LogP contribution in [0.1, 0.15) is 25.7 Å². The molecule has 0 aliphatic heterocycles. The topological polar surface area (TPSA) is 49.2 Å². The Balaban J connectivity index is 2.03. The maximum atomic E-state index is 9.11. The molecule has 1 N–H and O–H groups in total. The molecular formula is C15H18ClN3O. The monoisotopic (exact) mass is 291 g/mol. The molecular weight excluding hydrogens is 274 g/mol. The Hall–Kier alpha value is -1.39. The Bertz CT molecular complexity index is 601. The van der Waals surface area contributed by atoms with Crippen molar-refractivity contribution >= 4 is 28.2 Å². The zero-order valence-electron chi connectivity index (χ0n) is 11.3. The first-order valence-electron chi connectivity index (χ1n) is 7.09. The summed E-state index contributed by atoms with van der Waals surface area (Å²) in [4.78, 5) is 2.28. The number of hydrogen-bond donors (Lipinski definition) is 1. The van der Waals surface area contributed by atoms with Crippen molar-refractivity contribution in [2.24, 2.45) is 0 Å². The van der Waals surface area contributed by atoms with Gasteiger partial charge in [-0.15, -0.1) is 10.2 Å². The van der Waals surface area contributed by atoms with Crippen LogP contribution in [0.5, 0.6) is 0 Å². The van der Waals surface area contributed by atoms with Gasteiger partial charge < -0.3 is 10.0 Å². The summed E-state index contributed by atoms with van der Waals surface area (Å²) >= 11 is 6.13. The van der Waals surface area contributed by atoms with Crippen LogP contribution in [0, 0.1) is 0 Å². The number of fused-ring (bicyclic) bond motifs is 1. The van der Waals surface area contributed by atoms with Gasteiger partial charge in [-0.05, 0) is 25.7 Å². The minimum atomic E-state index is 0.197. The highest BCUT2D eigenvalue weighted by Crippen LogP contribution is 2.34. The van der Waals surface area contributed by atoms with Gasteiger partial charge in [0.2, 0.25) is 0 Å². The summed E-state index contributed by atoms with van der Waals surface area (Å²) in [5.41, 5.74) is 0.